The third-order valence-corrected chi connectivity index (χ3v) is 7.24. The molecule has 0 aliphatic heterocycles. The molecule has 1 heteroatoms. The molecule has 2 unspecified atom stereocenters. The summed E-state index contributed by atoms with van der Waals surface area (Å²) in [6, 6.07) is 0. The Hall–Kier alpha value is -1.37. The Bertz CT molecular complexity index is 567. The van der Waals surface area contributed by atoms with E-state index in [0.29, 0.717) is 17.6 Å². The molecule has 4 aliphatic carbocycles. The zero-order valence-electron chi connectivity index (χ0n) is 16.2. The van der Waals surface area contributed by atoms with E-state index in [0.717, 1.165) is 12.8 Å². The van der Waals surface area contributed by atoms with E-state index in [9.17, 15) is 4.79 Å². The Morgan fingerprint density at radius 3 is 1.50 bits per heavy atom. The normalized spacial score (nSPS) is 30.8. The van der Waals surface area contributed by atoms with E-state index in [1.807, 2.05) is 0 Å². The van der Waals surface area contributed by atoms with Gasteiger partial charge in [0.1, 0.15) is 5.78 Å². The van der Waals surface area contributed by atoms with Crippen molar-refractivity contribution in [2.24, 2.45) is 23.7 Å². The van der Waals surface area contributed by atoms with Crippen molar-refractivity contribution in [3.63, 3.8) is 0 Å². The summed E-state index contributed by atoms with van der Waals surface area (Å²) in [5, 5.41) is 0. The standard InChI is InChI=1S/C25H34O/c26-25(23-17-9-7-15-21(23)19-11-3-1-4-12-19)24-18-10-8-16-22(24)20-13-5-2-6-14-20/h7-10,15-16,19-20,23-24H,1-6,11-14,17-18H2. The molecule has 2 fully saturated rings. The van der Waals surface area contributed by atoms with Crippen LogP contribution in [0.25, 0.3) is 0 Å². The number of ketones is 1. The first kappa shape index (κ1) is 18.0. The predicted octanol–water partition coefficient (Wildman–Crippen LogP) is 6.72. The Balaban J connectivity index is 1.53. The first-order valence-electron chi connectivity index (χ1n) is 11.1. The molecule has 2 saturated carbocycles. The van der Waals surface area contributed by atoms with E-state index >= 15 is 0 Å². The lowest BCUT2D eigenvalue weighted by Gasteiger charge is -2.35. The highest BCUT2D eigenvalue weighted by atomic mass is 16.1. The van der Waals surface area contributed by atoms with E-state index in [1.165, 1.54) is 75.4 Å². The van der Waals surface area contributed by atoms with Crippen LogP contribution in [0, 0.1) is 23.7 Å². The van der Waals surface area contributed by atoms with Gasteiger partial charge in [-0.2, -0.15) is 0 Å². The van der Waals surface area contributed by atoms with E-state index < -0.39 is 0 Å². The number of Topliss-reactive ketones (excluding diaryl/α,β-unsaturated/α-hetero) is 1. The van der Waals surface area contributed by atoms with Crippen LogP contribution >= 0.6 is 0 Å². The molecule has 4 aliphatic rings. The smallest absolute Gasteiger partial charge is 0.147 e. The summed E-state index contributed by atoms with van der Waals surface area (Å²) in [4.78, 5) is 13.7. The number of hydrogen-bond donors (Lipinski definition) is 0. The summed E-state index contributed by atoms with van der Waals surface area (Å²) < 4.78 is 0. The van der Waals surface area contributed by atoms with Gasteiger partial charge in [0, 0.05) is 11.8 Å². The zero-order valence-corrected chi connectivity index (χ0v) is 16.2. The van der Waals surface area contributed by atoms with Crippen molar-refractivity contribution in [1.82, 2.24) is 0 Å². The second-order valence-electron chi connectivity index (χ2n) is 8.84. The summed E-state index contributed by atoms with van der Waals surface area (Å²) in [6.07, 6.45) is 28.6. The average Bonchev–Trinajstić information content (AvgIpc) is 2.74. The van der Waals surface area contributed by atoms with Crippen LogP contribution in [0.4, 0.5) is 0 Å². The highest BCUT2D eigenvalue weighted by molar-refractivity contribution is 5.89. The minimum atomic E-state index is 0.145. The molecular weight excluding hydrogens is 316 g/mol. The minimum absolute atomic E-state index is 0.145. The monoisotopic (exact) mass is 350 g/mol. The maximum atomic E-state index is 13.7. The summed E-state index contributed by atoms with van der Waals surface area (Å²) >= 11 is 0. The van der Waals surface area contributed by atoms with Crippen molar-refractivity contribution < 1.29 is 4.79 Å². The molecular formula is C25H34O. The van der Waals surface area contributed by atoms with Crippen molar-refractivity contribution in [1.29, 1.82) is 0 Å². The van der Waals surface area contributed by atoms with E-state index in [-0.39, 0.29) is 11.8 Å². The van der Waals surface area contributed by atoms with Gasteiger partial charge < -0.3 is 0 Å². The average molecular weight is 351 g/mol. The maximum Gasteiger partial charge on any atom is 0.147 e. The molecule has 0 bridgehead atoms. The van der Waals surface area contributed by atoms with Gasteiger partial charge in [0.2, 0.25) is 0 Å². The van der Waals surface area contributed by atoms with Gasteiger partial charge in [0.15, 0.2) is 0 Å². The quantitative estimate of drug-likeness (QED) is 0.550. The first-order chi connectivity index (χ1) is 12.8. The number of rotatable bonds is 4. The fourth-order valence-electron chi connectivity index (χ4n) is 5.81. The lowest BCUT2D eigenvalue weighted by atomic mass is 9.68. The molecule has 0 radical (unpaired) electrons. The summed E-state index contributed by atoms with van der Waals surface area (Å²) in [7, 11) is 0. The number of carbonyl (C=O) groups excluding carboxylic acids is 1. The van der Waals surface area contributed by atoms with Crippen molar-refractivity contribution in [3.8, 4) is 0 Å². The number of carbonyl (C=O) groups is 1. The van der Waals surface area contributed by atoms with Gasteiger partial charge in [0.25, 0.3) is 0 Å². The van der Waals surface area contributed by atoms with Crippen molar-refractivity contribution in [2.45, 2.75) is 77.0 Å². The molecule has 0 amide bonds. The van der Waals surface area contributed by atoms with Crippen LogP contribution in [0.1, 0.15) is 77.0 Å². The second-order valence-corrected chi connectivity index (χ2v) is 8.84. The lowest BCUT2D eigenvalue weighted by Crippen LogP contribution is -2.32. The highest BCUT2D eigenvalue weighted by Gasteiger charge is 2.36. The van der Waals surface area contributed by atoms with Gasteiger partial charge >= 0.3 is 0 Å². The lowest BCUT2D eigenvalue weighted by molar-refractivity contribution is -0.125. The molecule has 0 heterocycles. The van der Waals surface area contributed by atoms with E-state index in [4.69, 9.17) is 0 Å². The molecule has 0 aromatic carbocycles. The first-order valence-corrected chi connectivity index (χ1v) is 11.1. The van der Waals surface area contributed by atoms with Crippen LogP contribution < -0.4 is 0 Å². The molecule has 0 aromatic heterocycles. The summed E-state index contributed by atoms with van der Waals surface area (Å²) in [6.45, 7) is 0. The summed E-state index contributed by atoms with van der Waals surface area (Å²) in [5.74, 6) is 2.12. The topological polar surface area (TPSA) is 17.1 Å². The zero-order chi connectivity index (χ0) is 17.8. The van der Waals surface area contributed by atoms with Crippen LogP contribution in [-0.2, 0) is 4.79 Å². The highest BCUT2D eigenvalue weighted by Crippen LogP contribution is 2.42. The molecule has 1 nitrogen and oxygen atoms in total. The van der Waals surface area contributed by atoms with Crippen LogP contribution in [0.5, 0.6) is 0 Å². The van der Waals surface area contributed by atoms with Crippen molar-refractivity contribution >= 4 is 5.78 Å². The summed E-state index contributed by atoms with van der Waals surface area (Å²) in [5.41, 5.74) is 2.93. The largest absolute Gasteiger partial charge is 0.298 e. The van der Waals surface area contributed by atoms with Gasteiger partial charge in [-0.15, -0.1) is 0 Å². The van der Waals surface area contributed by atoms with Crippen LogP contribution in [0.3, 0.4) is 0 Å². The SMILES string of the molecule is O=C(C1CC=CC=C1C1CCCCC1)C1CC=CC=C1C1CCCCC1. The van der Waals surface area contributed by atoms with Crippen molar-refractivity contribution in [2.75, 3.05) is 0 Å². The molecule has 0 spiro atoms. The Morgan fingerprint density at radius 2 is 1.08 bits per heavy atom. The van der Waals surface area contributed by atoms with Crippen LogP contribution in [0.2, 0.25) is 0 Å². The van der Waals surface area contributed by atoms with Gasteiger partial charge in [-0.05, 0) is 50.4 Å². The molecule has 2 atom stereocenters. The molecule has 140 valence electrons. The number of allylic oxidation sites excluding steroid dienone is 8. The Kier molecular flexibility index (Phi) is 5.92. The molecule has 0 saturated heterocycles. The maximum absolute atomic E-state index is 13.7. The van der Waals surface area contributed by atoms with E-state index in [1.54, 1.807) is 0 Å². The van der Waals surface area contributed by atoms with Gasteiger partial charge in [0.05, 0.1) is 0 Å². The van der Waals surface area contributed by atoms with Gasteiger partial charge in [-0.3, -0.25) is 4.79 Å². The third kappa shape index (κ3) is 3.82. The Morgan fingerprint density at radius 1 is 0.654 bits per heavy atom. The minimum Gasteiger partial charge on any atom is -0.298 e. The molecule has 4 rings (SSSR count). The fraction of sp³-hybridized carbons (Fsp3) is 0.640. The molecule has 0 aromatic rings. The third-order valence-electron chi connectivity index (χ3n) is 7.24. The van der Waals surface area contributed by atoms with E-state index in [2.05, 4.69) is 36.5 Å². The number of hydrogen-bond acceptors (Lipinski definition) is 1. The predicted molar refractivity (Wildman–Crippen MR) is 109 cm³/mol. The fourth-order valence-corrected chi connectivity index (χ4v) is 5.81. The molecule has 0 N–H and O–H groups in total. The van der Waals surface area contributed by atoms with Crippen LogP contribution in [-0.4, -0.2) is 5.78 Å². The van der Waals surface area contributed by atoms with Crippen molar-refractivity contribution in [3.05, 3.63) is 47.6 Å². The van der Waals surface area contributed by atoms with Gasteiger partial charge in [-0.1, -0.05) is 86.1 Å². The van der Waals surface area contributed by atoms with Crippen LogP contribution in [0.15, 0.2) is 47.6 Å². The Labute approximate surface area is 159 Å². The van der Waals surface area contributed by atoms with Gasteiger partial charge in [-0.25, -0.2) is 0 Å². The second kappa shape index (κ2) is 8.55. The molecule has 26 heavy (non-hydrogen) atoms.